The molecule has 0 N–H and O–H groups in total. The van der Waals surface area contributed by atoms with Crippen LogP contribution in [0.1, 0.15) is 41.5 Å². The van der Waals surface area contributed by atoms with Crippen LogP contribution in [-0.4, -0.2) is 11.6 Å². The van der Waals surface area contributed by atoms with Gasteiger partial charge < -0.3 is 4.74 Å². The number of ether oxygens (including phenoxy) is 1. The number of cyclic esters (lactones) is 1. The molecule has 0 spiro atoms. The Labute approximate surface area is 80.0 Å². The molecule has 0 aromatic carbocycles. The molecule has 0 saturated carbocycles. The molecule has 0 bridgehead atoms. The fourth-order valence-corrected chi connectivity index (χ4v) is 1.51. The van der Waals surface area contributed by atoms with E-state index in [-0.39, 0.29) is 11.4 Å². The van der Waals surface area contributed by atoms with E-state index in [1.165, 1.54) is 0 Å². The summed E-state index contributed by atoms with van der Waals surface area (Å²) in [5, 5.41) is 0. The minimum absolute atomic E-state index is 0.0784. The standard InChI is InChI=1S/C11H18O2/c1-7-8(2)10(3,4)11(5,6)13-9(7)12/h1-6H3. The van der Waals surface area contributed by atoms with Crippen molar-refractivity contribution in [2.75, 3.05) is 0 Å². The zero-order valence-electron chi connectivity index (χ0n) is 9.32. The summed E-state index contributed by atoms with van der Waals surface area (Å²) in [5.74, 6) is -0.179. The van der Waals surface area contributed by atoms with Crippen molar-refractivity contribution in [1.82, 2.24) is 0 Å². The molecule has 0 saturated heterocycles. The van der Waals surface area contributed by atoms with Crippen LogP contribution in [0.3, 0.4) is 0 Å². The third-order valence-electron chi connectivity index (χ3n) is 3.66. The quantitative estimate of drug-likeness (QED) is 0.538. The second-order valence-electron chi connectivity index (χ2n) is 4.77. The average Bonchev–Trinajstić information content (AvgIpc) is 1.98. The number of rotatable bonds is 0. The van der Waals surface area contributed by atoms with Crippen LogP contribution in [0.4, 0.5) is 0 Å². The van der Waals surface area contributed by atoms with Gasteiger partial charge in [0.25, 0.3) is 0 Å². The normalized spacial score (nSPS) is 25.8. The van der Waals surface area contributed by atoms with Crippen molar-refractivity contribution in [2.24, 2.45) is 5.41 Å². The zero-order chi connectivity index (χ0) is 10.4. The van der Waals surface area contributed by atoms with E-state index in [0.717, 1.165) is 11.1 Å². The van der Waals surface area contributed by atoms with Crippen molar-refractivity contribution in [3.05, 3.63) is 11.1 Å². The summed E-state index contributed by atoms with van der Waals surface area (Å²) in [5.41, 5.74) is 1.40. The predicted octanol–water partition coefficient (Wildman–Crippen LogP) is 2.68. The van der Waals surface area contributed by atoms with Gasteiger partial charge >= 0.3 is 5.97 Å². The monoisotopic (exact) mass is 182 g/mol. The molecule has 0 aromatic heterocycles. The van der Waals surface area contributed by atoms with E-state index in [2.05, 4.69) is 13.8 Å². The van der Waals surface area contributed by atoms with Crippen molar-refractivity contribution >= 4 is 5.97 Å². The summed E-state index contributed by atoms with van der Waals surface area (Å²) < 4.78 is 5.37. The lowest BCUT2D eigenvalue weighted by atomic mass is 9.69. The third-order valence-corrected chi connectivity index (χ3v) is 3.66. The SMILES string of the molecule is CC1=C(C)C(C)(C)C(C)(C)OC1=O. The van der Waals surface area contributed by atoms with Crippen LogP contribution in [0.2, 0.25) is 0 Å². The highest BCUT2D eigenvalue weighted by atomic mass is 16.6. The summed E-state index contributed by atoms with van der Waals surface area (Å²) in [6.45, 7) is 12.0. The van der Waals surface area contributed by atoms with Crippen molar-refractivity contribution in [3.8, 4) is 0 Å². The van der Waals surface area contributed by atoms with Gasteiger partial charge in [0.15, 0.2) is 0 Å². The van der Waals surface area contributed by atoms with Gasteiger partial charge in [-0.15, -0.1) is 0 Å². The largest absolute Gasteiger partial charge is 0.455 e. The maximum atomic E-state index is 11.4. The van der Waals surface area contributed by atoms with Gasteiger partial charge in [0.05, 0.1) is 0 Å². The van der Waals surface area contributed by atoms with Crippen molar-refractivity contribution in [2.45, 2.75) is 47.1 Å². The second kappa shape index (κ2) is 2.60. The van der Waals surface area contributed by atoms with Gasteiger partial charge in [-0.2, -0.15) is 0 Å². The number of hydrogen-bond donors (Lipinski definition) is 0. The Hall–Kier alpha value is -0.790. The Balaban J connectivity index is 3.29. The third kappa shape index (κ3) is 1.28. The van der Waals surface area contributed by atoms with E-state index in [9.17, 15) is 4.79 Å². The highest BCUT2D eigenvalue weighted by Crippen LogP contribution is 2.45. The van der Waals surface area contributed by atoms with Crippen molar-refractivity contribution in [3.63, 3.8) is 0 Å². The molecular weight excluding hydrogens is 164 g/mol. The predicted molar refractivity (Wildman–Crippen MR) is 52.3 cm³/mol. The molecule has 0 fully saturated rings. The van der Waals surface area contributed by atoms with Gasteiger partial charge in [-0.3, -0.25) is 0 Å². The fraction of sp³-hybridized carbons (Fsp3) is 0.727. The minimum Gasteiger partial charge on any atom is -0.455 e. The molecule has 1 aliphatic rings. The van der Waals surface area contributed by atoms with Crippen molar-refractivity contribution in [1.29, 1.82) is 0 Å². The van der Waals surface area contributed by atoms with E-state index in [0.29, 0.717) is 0 Å². The minimum atomic E-state index is -0.409. The first-order valence-corrected chi connectivity index (χ1v) is 4.61. The van der Waals surface area contributed by atoms with Crippen LogP contribution >= 0.6 is 0 Å². The first kappa shape index (κ1) is 10.3. The van der Waals surface area contributed by atoms with Crippen LogP contribution in [0.5, 0.6) is 0 Å². The molecule has 1 heterocycles. The molecule has 13 heavy (non-hydrogen) atoms. The molecule has 0 amide bonds. The molecule has 2 nitrogen and oxygen atoms in total. The molecule has 0 radical (unpaired) electrons. The number of carbonyl (C=O) groups excluding carboxylic acids is 1. The Morgan fingerprint density at radius 2 is 1.54 bits per heavy atom. The first-order valence-electron chi connectivity index (χ1n) is 4.61. The van der Waals surface area contributed by atoms with Gasteiger partial charge in [-0.1, -0.05) is 19.4 Å². The van der Waals surface area contributed by atoms with E-state index in [1.807, 2.05) is 27.7 Å². The van der Waals surface area contributed by atoms with Crippen LogP contribution in [0, 0.1) is 5.41 Å². The van der Waals surface area contributed by atoms with Gasteiger partial charge in [0.1, 0.15) is 5.60 Å². The summed E-state index contributed by atoms with van der Waals surface area (Å²) in [4.78, 5) is 11.4. The van der Waals surface area contributed by atoms with E-state index in [4.69, 9.17) is 4.74 Å². The van der Waals surface area contributed by atoms with Crippen LogP contribution < -0.4 is 0 Å². The molecule has 1 aliphatic heterocycles. The van der Waals surface area contributed by atoms with Crippen LogP contribution in [0.15, 0.2) is 11.1 Å². The number of hydrogen-bond acceptors (Lipinski definition) is 2. The van der Waals surface area contributed by atoms with E-state index in [1.54, 1.807) is 0 Å². The maximum absolute atomic E-state index is 11.4. The molecule has 0 aromatic rings. The highest BCUT2D eigenvalue weighted by molar-refractivity contribution is 5.90. The molecular formula is C11H18O2. The molecule has 74 valence electrons. The Kier molecular flexibility index (Phi) is 2.06. The fourth-order valence-electron chi connectivity index (χ4n) is 1.51. The topological polar surface area (TPSA) is 26.3 Å². The molecule has 2 heteroatoms. The number of carbonyl (C=O) groups is 1. The van der Waals surface area contributed by atoms with Gasteiger partial charge in [0, 0.05) is 11.0 Å². The molecule has 1 rings (SSSR count). The summed E-state index contributed by atoms with van der Waals surface area (Å²) in [6, 6.07) is 0. The Morgan fingerprint density at radius 3 is 2.00 bits per heavy atom. The number of esters is 1. The highest BCUT2D eigenvalue weighted by Gasteiger charge is 2.46. The van der Waals surface area contributed by atoms with E-state index >= 15 is 0 Å². The Morgan fingerprint density at radius 1 is 1.08 bits per heavy atom. The van der Waals surface area contributed by atoms with Gasteiger partial charge in [-0.25, -0.2) is 4.79 Å². The van der Waals surface area contributed by atoms with Gasteiger partial charge in [0.2, 0.25) is 0 Å². The zero-order valence-corrected chi connectivity index (χ0v) is 9.32. The lowest BCUT2D eigenvalue weighted by Crippen LogP contribution is -2.48. The maximum Gasteiger partial charge on any atom is 0.334 e. The summed E-state index contributed by atoms with van der Waals surface area (Å²) in [6.07, 6.45) is 0. The van der Waals surface area contributed by atoms with Crippen LogP contribution in [0.25, 0.3) is 0 Å². The van der Waals surface area contributed by atoms with Crippen LogP contribution in [-0.2, 0) is 9.53 Å². The Bertz CT molecular complexity index is 282. The molecule has 0 atom stereocenters. The molecule has 0 aliphatic carbocycles. The average molecular weight is 182 g/mol. The van der Waals surface area contributed by atoms with Crippen molar-refractivity contribution < 1.29 is 9.53 Å². The van der Waals surface area contributed by atoms with Gasteiger partial charge in [-0.05, 0) is 27.7 Å². The lowest BCUT2D eigenvalue weighted by molar-refractivity contribution is -0.164. The lowest BCUT2D eigenvalue weighted by Gasteiger charge is -2.45. The smallest absolute Gasteiger partial charge is 0.334 e. The summed E-state index contributed by atoms with van der Waals surface area (Å²) >= 11 is 0. The summed E-state index contributed by atoms with van der Waals surface area (Å²) in [7, 11) is 0. The molecule has 0 unspecified atom stereocenters. The van der Waals surface area contributed by atoms with E-state index < -0.39 is 5.60 Å². The first-order chi connectivity index (χ1) is 5.70. The second-order valence-corrected chi connectivity index (χ2v) is 4.77.